The summed E-state index contributed by atoms with van der Waals surface area (Å²) in [7, 11) is 0. The molecule has 1 aromatic carbocycles. The van der Waals surface area contributed by atoms with Gasteiger partial charge in [0.15, 0.2) is 0 Å². The summed E-state index contributed by atoms with van der Waals surface area (Å²) >= 11 is 7.79. The number of thiophene rings is 1. The lowest BCUT2D eigenvalue weighted by atomic mass is 9.99. The number of carbonyl (C=O) groups excluding carboxylic acids is 1. The van der Waals surface area contributed by atoms with Crippen LogP contribution in [-0.2, 0) is 13.0 Å². The van der Waals surface area contributed by atoms with Gasteiger partial charge in [-0.25, -0.2) is 0 Å². The number of halogens is 1. The van der Waals surface area contributed by atoms with E-state index < -0.39 is 0 Å². The fourth-order valence-electron chi connectivity index (χ4n) is 3.79. The van der Waals surface area contributed by atoms with Crippen molar-refractivity contribution in [1.29, 1.82) is 0 Å². The Balaban J connectivity index is 1.35. The number of carbonyl (C=O) groups is 1. The minimum Gasteiger partial charge on any atom is -0.339 e. The van der Waals surface area contributed by atoms with E-state index in [4.69, 9.17) is 11.6 Å². The summed E-state index contributed by atoms with van der Waals surface area (Å²) < 4.78 is 0. The standard InChI is InChI=1S/C19H21ClN2OS/c20-16-3-1-14(2-4-16)19(23)21-9-5-17(6-10-21)22-11-7-18-15(13-22)8-12-24-18/h1-4,8,12,17H,5-7,9-11,13H2. The first-order valence-electron chi connectivity index (χ1n) is 8.55. The van der Waals surface area contributed by atoms with Crippen LogP contribution in [0.25, 0.3) is 0 Å². The Morgan fingerprint density at radius 1 is 1.08 bits per heavy atom. The molecule has 3 heterocycles. The van der Waals surface area contributed by atoms with E-state index in [9.17, 15) is 4.79 Å². The van der Waals surface area contributed by atoms with Gasteiger partial charge in [0.05, 0.1) is 0 Å². The van der Waals surface area contributed by atoms with Gasteiger partial charge >= 0.3 is 0 Å². The molecule has 0 bridgehead atoms. The van der Waals surface area contributed by atoms with Crippen LogP contribution < -0.4 is 0 Å². The smallest absolute Gasteiger partial charge is 0.253 e. The van der Waals surface area contributed by atoms with Crippen LogP contribution in [0.15, 0.2) is 35.7 Å². The van der Waals surface area contributed by atoms with E-state index in [1.165, 1.54) is 12.0 Å². The molecule has 0 N–H and O–H groups in total. The second-order valence-electron chi connectivity index (χ2n) is 6.62. The van der Waals surface area contributed by atoms with Crippen molar-refractivity contribution in [3.63, 3.8) is 0 Å². The number of fused-ring (bicyclic) bond motifs is 1. The van der Waals surface area contributed by atoms with E-state index in [-0.39, 0.29) is 5.91 Å². The molecule has 3 nitrogen and oxygen atoms in total. The van der Waals surface area contributed by atoms with Crippen LogP contribution in [0, 0.1) is 0 Å². The summed E-state index contributed by atoms with van der Waals surface area (Å²) in [6, 6.07) is 10.1. The van der Waals surface area contributed by atoms with Gasteiger partial charge in [0, 0.05) is 47.7 Å². The molecule has 0 spiro atoms. The average molecular weight is 361 g/mol. The maximum Gasteiger partial charge on any atom is 0.253 e. The summed E-state index contributed by atoms with van der Waals surface area (Å²) in [5.41, 5.74) is 2.24. The number of hydrogen-bond acceptors (Lipinski definition) is 3. The van der Waals surface area contributed by atoms with Crippen molar-refractivity contribution in [2.75, 3.05) is 19.6 Å². The Morgan fingerprint density at radius 3 is 2.58 bits per heavy atom. The van der Waals surface area contributed by atoms with E-state index in [2.05, 4.69) is 16.3 Å². The summed E-state index contributed by atoms with van der Waals surface area (Å²) in [5, 5.41) is 2.88. The van der Waals surface area contributed by atoms with Gasteiger partial charge in [0.1, 0.15) is 0 Å². The Bertz CT molecular complexity index is 719. The SMILES string of the molecule is O=C(c1ccc(Cl)cc1)N1CCC(N2CCc3sccc3C2)CC1. The maximum atomic E-state index is 12.6. The van der Waals surface area contributed by atoms with Gasteiger partial charge in [-0.2, -0.15) is 0 Å². The van der Waals surface area contributed by atoms with E-state index in [0.717, 1.165) is 44.6 Å². The molecule has 2 aliphatic heterocycles. The molecule has 24 heavy (non-hydrogen) atoms. The van der Waals surface area contributed by atoms with Crippen LogP contribution in [0.3, 0.4) is 0 Å². The van der Waals surface area contributed by atoms with Gasteiger partial charge in [0.2, 0.25) is 0 Å². The normalized spacial score (nSPS) is 19.3. The zero-order chi connectivity index (χ0) is 16.5. The van der Waals surface area contributed by atoms with Gasteiger partial charge in [-0.3, -0.25) is 9.69 Å². The molecule has 2 aromatic rings. The monoisotopic (exact) mass is 360 g/mol. The van der Waals surface area contributed by atoms with E-state index in [0.29, 0.717) is 11.1 Å². The van der Waals surface area contributed by atoms with E-state index >= 15 is 0 Å². The van der Waals surface area contributed by atoms with Crippen molar-refractivity contribution >= 4 is 28.8 Å². The Labute approximate surface area is 151 Å². The summed E-state index contributed by atoms with van der Waals surface area (Å²) in [4.78, 5) is 18.7. The quantitative estimate of drug-likeness (QED) is 0.806. The first-order valence-corrected chi connectivity index (χ1v) is 9.80. The molecule has 0 atom stereocenters. The summed E-state index contributed by atoms with van der Waals surface area (Å²) in [6.45, 7) is 3.93. The summed E-state index contributed by atoms with van der Waals surface area (Å²) in [6.07, 6.45) is 3.31. The highest BCUT2D eigenvalue weighted by Crippen LogP contribution is 2.28. The van der Waals surface area contributed by atoms with Crippen molar-refractivity contribution in [2.45, 2.75) is 31.8 Å². The van der Waals surface area contributed by atoms with Crippen molar-refractivity contribution in [3.8, 4) is 0 Å². The van der Waals surface area contributed by atoms with Crippen LogP contribution >= 0.6 is 22.9 Å². The highest BCUT2D eigenvalue weighted by atomic mass is 35.5. The molecule has 2 aliphatic rings. The minimum atomic E-state index is 0.129. The van der Waals surface area contributed by atoms with Gasteiger partial charge in [-0.05, 0) is 60.5 Å². The number of benzene rings is 1. The van der Waals surface area contributed by atoms with Crippen LogP contribution in [0.5, 0.6) is 0 Å². The Hall–Kier alpha value is -1.36. The van der Waals surface area contributed by atoms with Crippen molar-refractivity contribution in [3.05, 3.63) is 56.7 Å². The van der Waals surface area contributed by atoms with Gasteiger partial charge in [-0.15, -0.1) is 11.3 Å². The first-order chi connectivity index (χ1) is 11.7. The van der Waals surface area contributed by atoms with Crippen molar-refractivity contribution in [1.82, 2.24) is 9.80 Å². The molecule has 0 radical (unpaired) electrons. The van der Waals surface area contributed by atoms with Gasteiger partial charge in [0.25, 0.3) is 5.91 Å². The molecule has 0 unspecified atom stereocenters. The molecule has 1 amide bonds. The summed E-state index contributed by atoms with van der Waals surface area (Å²) in [5.74, 6) is 0.129. The molecule has 1 aromatic heterocycles. The topological polar surface area (TPSA) is 23.6 Å². The zero-order valence-corrected chi connectivity index (χ0v) is 15.2. The largest absolute Gasteiger partial charge is 0.339 e. The number of nitrogens with zero attached hydrogens (tertiary/aromatic N) is 2. The van der Waals surface area contributed by atoms with Crippen LogP contribution in [0.4, 0.5) is 0 Å². The predicted octanol–water partition coefficient (Wildman–Crippen LogP) is 4.06. The molecule has 126 valence electrons. The van der Waals surface area contributed by atoms with E-state index in [1.54, 1.807) is 17.0 Å². The second-order valence-corrected chi connectivity index (χ2v) is 8.06. The highest BCUT2D eigenvalue weighted by Gasteiger charge is 2.29. The molecule has 1 fully saturated rings. The Morgan fingerprint density at radius 2 is 1.83 bits per heavy atom. The first kappa shape index (κ1) is 16.1. The third-order valence-electron chi connectivity index (χ3n) is 5.20. The number of piperidine rings is 1. The van der Waals surface area contributed by atoms with Crippen LogP contribution in [0.2, 0.25) is 5.02 Å². The number of amides is 1. The zero-order valence-electron chi connectivity index (χ0n) is 13.6. The van der Waals surface area contributed by atoms with Crippen LogP contribution in [0.1, 0.15) is 33.6 Å². The maximum absolute atomic E-state index is 12.6. The predicted molar refractivity (Wildman–Crippen MR) is 98.8 cm³/mol. The lowest BCUT2D eigenvalue weighted by Gasteiger charge is -2.40. The lowest BCUT2D eigenvalue weighted by molar-refractivity contribution is 0.0600. The molecule has 1 saturated heterocycles. The third kappa shape index (κ3) is 3.23. The number of rotatable bonds is 2. The van der Waals surface area contributed by atoms with Crippen LogP contribution in [-0.4, -0.2) is 41.4 Å². The third-order valence-corrected chi connectivity index (χ3v) is 6.47. The highest BCUT2D eigenvalue weighted by molar-refractivity contribution is 7.10. The molecular weight excluding hydrogens is 340 g/mol. The number of hydrogen-bond donors (Lipinski definition) is 0. The second kappa shape index (κ2) is 6.87. The van der Waals surface area contributed by atoms with E-state index in [1.807, 2.05) is 28.4 Å². The lowest BCUT2D eigenvalue weighted by Crippen LogP contribution is -2.47. The molecule has 5 heteroatoms. The van der Waals surface area contributed by atoms with Gasteiger partial charge < -0.3 is 4.90 Å². The van der Waals surface area contributed by atoms with Gasteiger partial charge in [-0.1, -0.05) is 11.6 Å². The fraction of sp³-hybridized carbons (Fsp3) is 0.421. The molecule has 4 rings (SSSR count). The minimum absolute atomic E-state index is 0.129. The fourth-order valence-corrected chi connectivity index (χ4v) is 4.81. The van der Waals surface area contributed by atoms with Crippen molar-refractivity contribution < 1.29 is 4.79 Å². The average Bonchev–Trinajstić information content (AvgIpc) is 3.09. The number of likely N-dealkylation sites (tertiary alicyclic amines) is 1. The van der Waals surface area contributed by atoms with Crippen molar-refractivity contribution in [2.24, 2.45) is 0 Å². The Kier molecular flexibility index (Phi) is 4.61. The molecule has 0 aliphatic carbocycles. The molecular formula is C19H21ClN2OS. The molecule has 0 saturated carbocycles.